The molecular weight excluding hydrogens is 764 g/mol. The van der Waals surface area contributed by atoms with Crippen LogP contribution >= 0.6 is 0 Å². The maximum Gasteiger partial charge on any atom is 0.373 e. The fourth-order valence-corrected chi connectivity index (χ4v) is 8.63. The van der Waals surface area contributed by atoms with Crippen molar-refractivity contribution in [3.8, 4) is 0 Å². The van der Waals surface area contributed by atoms with Crippen molar-refractivity contribution in [2.75, 3.05) is 14.2 Å². The molecule has 3 rings (SSSR count). The third-order valence-corrected chi connectivity index (χ3v) is 12.7. The zero-order chi connectivity index (χ0) is 44.5. The summed E-state index contributed by atoms with van der Waals surface area (Å²) in [5.74, 6) is -6.19. The van der Waals surface area contributed by atoms with Gasteiger partial charge in [0.2, 0.25) is 5.76 Å². The third-order valence-electron chi connectivity index (χ3n) is 12.7. The maximum atomic E-state index is 13.9. The van der Waals surface area contributed by atoms with Gasteiger partial charge in [-0.05, 0) is 52.5 Å². The molecule has 3 heterocycles. The molecule has 338 valence electrons. The second-order valence-corrected chi connectivity index (χ2v) is 17.2. The fraction of sp³-hybridized carbons (Fsp3) is 0.756. The van der Waals surface area contributed by atoms with E-state index in [2.05, 4.69) is 0 Å². The lowest BCUT2D eigenvalue weighted by Crippen LogP contribution is -2.61. The summed E-state index contributed by atoms with van der Waals surface area (Å²) in [6.45, 7) is 18.0. The van der Waals surface area contributed by atoms with Crippen molar-refractivity contribution in [1.82, 2.24) is 0 Å². The maximum absolute atomic E-state index is 13.9. The Bertz CT molecular complexity index is 1490. The van der Waals surface area contributed by atoms with Crippen molar-refractivity contribution >= 4 is 5.97 Å². The summed E-state index contributed by atoms with van der Waals surface area (Å²) in [5, 5.41) is 78.5. The van der Waals surface area contributed by atoms with E-state index in [1.54, 1.807) is 58.9 Å². The summed E-state index contributed by atoms with van der Waals surface area (Å²) in [5.41, 5.74) is 1.58. The molecule has 3 aliphatic rings. The Morgan fingerprint density at radius 1 is 0.983 bits per heavy atom. The van der Waals surface area contributed by atoms with Gasteiger partial charge in [0.1, 0.15) is 30.5 Å². The number of hydrogen-bond acceptors (Lipinski definition) is 14. The number of ether oxygens (including phenoxy) is 6. The molecule has 0 saturated carbocycles. The van der Waals surface area contributed by atoms with Crippen LogP contribution in [0.15, 0.2) is 59.4 Å². The molecule has 0 aromatic rings. The molecule has 59 heavy (non-hydrogen) atoms. The molecule has 19 atom stereocenters. The number of cyclic esters (lactones) is 1. The van der Waals surface area contributed by atoms with Gasteiger partial charge in [-0.25, -0.2) is 4.79 Å². The molecule has 0 bridgehead atoms. The summed E-state index contributed by atoms with van der Waals surface area (Å²) in [6, 6.07) is 0. The molecule has 0 amide bonds. The van der Waals surface area contributed by atoms with Crippen LogP contribution in [0, 0.1) is 35.5 Å². The Labute approximate surface area is 351 Å². The summed E-state index contributed by atoms with van der Waals surface area (Å²) in [4.78, 5) is 13.9. The van der Waals surface area contributed by atoms with Crippen LogP contribution in [-0.2, 0) is 33.2 Å². The SMILES string of the molecule is C/C=C/[C@H]1O[C@@](O)([C@@H](C)[C@H](O)[C@H](C)C2OC(=O)/C(OC)=C/C(C)=C/[C@@H](C)[C@@H](O)C(CC)[C@@H](O)[C@H](C)C/C(C)=C/C=C[C@@H]2OC)C[C@@H](O[C@@H]2O[C@@H](C)[C@H](O)[C@@H](O)[C@H]2O)[C@@H]1C. The van der Waals surface area contributed by atoms with Gasteiger partial charge in [0, 0.05) is 43.1 Å². The van der Waals surface area contributed by atoms with Crippen LogP contribution in [-0.4, -0.2) is 135 Å². The minimum absolute atomic E-state index is 0.131. The highest BCUT2D eigenvalue weighted by atomic mass is 16.7. The summed E-state index contributed by atoms with van der Waals surface area (Å²) in [6.07, 6.45) is 0.0543. The standard InChI is InChI=1S/C45H74O14/c1-13-16-32-27(7)35(57-44-41(51)40(50)39(49)30(10)56-44)22-45(53,59-32)29(9)38(48)28(8)42-33(54-11)18-15-17-23(3)19-25(5)36(46)31(14-2)37(47)26(6)20-24(4)21-34(55-12)43(52)58-42/h13,15-18,20-21,25-33,35-42,44,46-51,53H,14,19,22H2,1-12H3/b16-13+,18-15?,23-17+,24-20+,34-21-/t25-,26-,27-,28+,29+,30+,31?,32-,33+,35-,36+,37-,38-,39+,40-,41-,42?,44+,45-/m1/s1. The molecule has 2 saturated heterocycles. The van der Waals surface area contributed by atoms with Gasteiger partial charge >= 0.3 is 5.97 Å². The lowest BCUT2D eigenvalue weighted by molar-refractivity contribution is -0.352. The van der Waals surface area contributed by atoms with E-state index in [1.165, 1.54) is 20.3 Å². The second-order valence-electron chi connectivity index (χ2n) is 17.2. The molecule has 0 spiro atoms. The summed E-state index contributed by atoms with van der Waals surface area (Å²) < 4.78 is 35.8. The van der Waals surface area contributed by atoms with Crippen LogP contribution in [0.3, 0.4) is 0 Å². The van der Waals surface area contributed by atoms with Gasteiger partial charge in [0.15, 0.2) is 12.1 Å². The van der Waals surface area contributed by atoms with Crippen molar-refractivity contribution in [2.45, 2.75) is 168 Å². The molecule has 0 aromatic carbocycles. The number of carbonyl (C=O) groups excluding carboxylic acids is 1. The lowest BCUT2D eigenvalue weighted by atomic mass is 9.77. The van der Waals surface area contributed by atoms with E-state index >= 15 is 0 Å². The highest BCUT2D eigenvalue weighted by molar-refractivity contribution is 5.87. The van der Waals surface area contributed by atoms with Crippen molar-refractivity contribution in [1.29, 1.82) is 0 Å². The second kappa shape index (κ2) is 22.6. The molecule has 0 aromatic heterocycles. The minimum Gasteiger partial charge on any atom is -0.490 e. The van der Waals surface area contributed by atoms with Gasteiger partial charge in [-0.15, -0.1) is 0 Å². The Morgan fingerprint density at radius 3 is 2.24 bits per heavy atom. The van der Waals surface area contributed by atoms with Crippen LogP contribution < -0.4 is 0 Å². The normalized spacial score (nSPS) is 44.1. The van der Waals surface area contributed by atoms with Crippen LogP contribution in [0.1, 0.15) is 88.5 Å². The van der Waals surface area contributed by atoms with Crippen molar-refractivity contribution in [3.05, 3.63) is 59.4 Å². The molecule has 3 aliphatic heterocycles. The highest BCUT2D eigenvalue weighted by Crippen LogP contribution is 2.42. The van der Waals surface area contributed by atoms with Crippen LogP contribution in [0.5, 0.6) is 0 Å². The minimum atomic E-state index is -2.02. The van der Waals surface area contributed by atoms with Gasteiger partial charge < -0.3 is 64.2 Å². The first-order valence-corrected chi connectivity index (χ1v) is 21.1. The number of aliphatic hydroxyl groups excluding tert-OH is 6. The average Bonchev–Trinajstić information content (AvgIpc) is 3.19. The first-order valence-electron chi connectivity index (χ1n) is 21.1. The van der Waals surface area contributed by atoms with E-state index in [0.29, 0.717) is 18.4 Å². The molecular formula is C45H74O14. The average molecular weight is 839 g/mol. The number of esters is 1. The largest absolute Gasteiger partial charge is 0.490 e. The molecule has 0 radical (unpaired) electrons. The van der Waals surface area contributed by atoms with Crippen molar-refractivity contribution in [2.24, 2.45) is 35.5 Å². The van der Waals surface area contributed by atoms with Gasteiger partial charge in [-0.1, -0.05) is 89.1 Å². The van der Waals surface area contributed by atoms with E-state index in [0.717, 1.165) is 5.57 Å². The Morgan fingerprint density at radius 2 is 1.64 bits per heavy atom. The summed E-state index contributed by atoms with van der Waals surface area (Å²) in [7, 11) is 2.79. The van der Waals surface area contributed by atoms with E-state index in [-0.39, 0.29) is 35.9 Å². The molecule has 0 aliphatic carbocycles. The molecule has 2 unspecified atom stereocenters. The number of allylic oxidation sites excluding steroid dienone is 6. The molecule has 14 nitrogen and oxygen atoms in total. The number of methoxy groups -OCH3 is 2. The number of hydrogen-bond donors (Lipinski definition) is 7. The van der Waals surface area contributed by atoms with Crippen LogP contribution in [0.4, 0.5) is 0 Å². The number of rotatable bonds is 10. The Kier molecular flexibility index (Phi) is 19.5. The van der Waals surface area contributed by atoms with E-state index in [9.17, 15) is 40.5 Å². The fourth-order valence-electron chi connectivity index (χ4n) is 8.63. The highest BCUT2D eigenvalue weighted by Gasteiger charge is 2.53. The first kappa shape index (κ1) is 50.9. The number of carbonyl (C=O) groups is 1. The van der Waals surface area contributed by atoms with E-state index in [1.807, 2.05) is 46.8 Å². The summed E-state index contributed by atoms with van der Waals surface area (Å²) >= 11 is 0. The first-order chi connectivity index (χ1) is 27.6. The quantitative estimate of drug-likeness (QED) is 0.123. The van der Waals surface area contributed by atoms with Gasteiger partial charge in [0.25, 0.3) is 0 Å². The Balaban J connectivity index is 2.03. The van der Waals surface area contributed by atoms with Gasteiger partial charge in [-0.3, -0.25) is 0 Å². The van der Waals surface area contributed by atoms with Crippen LogP contribution in [0.25, 0.3) is 0 Å². The van der Waals surface area contributed by atoms with E-state index in [4.69, 9.17) is 28.4 Å². The third kappa shape index (κ3) is 12.6. The van der Waals surface area contributed by atoms with E-state index < -0.39 is 97.0 Å². The van der Waals surface area contributed by atoms with Crippen molar-refractivity contribution < 1.29 is 69.0 Å². The monoisotopic (exact) mass is 839 g/mol. The van der Waals surface area contributed by atoms with Crippen LogP contribution in [0.2, 0.25) is 0 Å². The topological polar surface area (TPSA) is 214 Å². The lowest BCUT2D eigenvalue weighted by Gasteiger charge is -2.50. The molecule has 7 N–H and O–H groups in total. The zero-order valence-corrected chi connectivity index (χ0v) is 37.0. The zero-order valence-electron chi connectivity index (χ0n) is 37.0. The molecule has 14 heteroatoms. The predicted molar refractivity (Wildman–Crippen MR) is 221 cm³/mol. The Hall–Kier alpha value is -2.47. The van der Waals surface area contributed by atoms with Crippen molar-refractivity contribution in [3.63, 3.8) is 0 Å². The number of aliphatic hydroxyl groups is 7. The van der Waals surface area contributed by atoms with Gasteiger partial charge in [-0.2, -0.15) is 0 Å². The smallest absolute Gasteiger partial charge is 0.373 e. The van der Waals surface area contributed by atoms with Gasteiger partial charge in [0.05, 0.1) is 43.7 Å². The molecule has 2 fully saturated rings. The predicted octanol–water partition coefficient (Wildman–Crippen LogP) is 3.85.